The van der Waals surface area contributed by atoms with E-state index in [-0.39, 0.29) is 5.75 Å². The number of benzene rings is 2. The number of methoxy groups -OCH3 is 1. The Hall–Kier alpha value is -2.16. The van der Waals surface area contributed by atoms with Gasteiger partial charge in [-0.25, -0.2) is 0 Å². The van der Waals surface area contributed by atoms with E-state index in [1.165, 1.54) is 23.8 Å². The molecule has 0 aromatic heterocycles. The summed E-state index contributed by atoms with van der Waals surface area (Å²) in [5, 5.41) is 13.0. The lowest BCUT2D eigenvalue weighted by atomic mass is 10.1. The largest absolute Gasteiger partial charge is 0.504 e. The molecule has 0 aliphatic heterocycles. The molecule has 3 nitrogen and oxygen atoms in total. The highest BCUT2D eigenvalue weighted by atomic mass is 16.5. The van der Waals surface area contributed by atoms with Gasteiger partial charge in [-0.05, 0) is 31.5 Å². The Morgan fingerprint density at radius 2 is 1.74 bits per heavy atom. The molecule has 0 saturated heterocycles. The average Bonchev–Trinajstić information content (AvgIpc) is 2.35. The highest BCUT2D eigenvalue weighted by Gasteiger charge is 2.02. The minimum absolute atomic E-state index is 0.146. The SMILES string of the molecule is COc1ccc(NCc2cc(C)cc(C)c2)cc1O. The summed E-state index contributed by atoms with van der Waals surface area (Å²) in [4.78, 5) is 0. The van der Waals surface area contributed by atoms with E-state index in [4.69, 9.17) is 4.74 Å². The van der Waals surface area contributed by atoms with Crippen molar-refractivity contribution in [2.75, 3.05) is 12.4 Å². The van der Waals surface area contributed by atoms with E-state index in [0.29, 0.717) is 5.75 Å². The third kappa shape index (κ3) is 3.41. The smallest absolute Gasteiger partial charge is 0.160 e. The fraction of sp³-hybridized carbons (Fsp3) is 0.250. The predicted molar refractivity (Wildman–Crippen MR) is 77.9 cm³/mol. The molecule has 2 aromatic carbocycles. The van der Waals surface area contributed by atoms with Crippen molar-refractivity contribution >= 4 is 5.69 Å². The maximum atomic E-state index is 9.71. The molecule has 0 aliphatic carbocycles. The van der Waals surface area contributed by atoms with Crippen molar-refractivity contribution in [2.45, 2.75) is 20.4 Å². The summed E-state index contributed by atoms with van der Waals surface area (Å²) < 4.78 is 5.02. The van der Waals surface area contributed by atoms with Gasteiger partial charge in [0.2, 0.25) is 0 Å². The lowest BCUT2D eigenvalue weighted by Crippen LogP contribution is -2.00. The maximum absolute atomic E-state index is 9.71. The number of hydrogen-bond acceptors (Lipinski definition) is 3. The number of aryl methyl sites for hydroxylation is 2. The molecule has 3 heteroatoms. The summed E-state index contributed by atoms with van der Waals surface area (Å²) in [5.74, 6) is 0.630. The molecule has 0 heterocycles. The molecular weight excluding hydrogens is 238 g/mol. The Kier molecular flexibility index (Phi) is 3.95. The summed E-state index contributed by atoms with van der Waals surface area (Å²) in [6, 6.07) is 11.8. The predicted octanol–water partition coefficient (Wildman–Crippen LogP) is 3.63. The molecule has 0 saturated carbocycles. The Morgan fingerprint density at radius 1 is 1.05 bits per heavy atom. The fourth-order valence-electron chi connectivity index (χ4n) is 2.18. The molecule has 2 N–H and O–H groups in total. The number of rotatable bonds is 4. The first-order valence-corrected chi connectivity index (χ1v) is 6.26. The lowest BCUT2D eigenvalue weighted by Gasteiger charge is -2.10. The van der Waals surface area contributed by atoms with E-state index in [1.807, 2.05) is 6.07 Å². The highest BCUT2D eigenvalue weighted by Crippen LogP contribution is 2.28. The van der Waals surface area contributed by atoms with Crippen LogP contribution in [0.1, 0.15) is 16.7 Å². The first-order valence-electron chi connectivity index (χ1n) is 6.26. The van der Waals surface area contributed by atoms with Crippen LogP contribution in [0.4, 0.5) is 5.69 Å². The zero-order chi connectivity index (χ0) is 13.8. The van der Waals surface area contributed by atoms with Gasteiger partial charge in [-0.1, -0.05) is 29.3 Å². The second kappa shape index (κ2) is 5.65. The summed E-state index contributed by atoms with van der Waals surface area (Å²) in [5.41, 5.74) is 4.62. The van der Waals surface area contributed by atoms with Gasteiger partial charge in [0.15, 0.2) is 11.5 Å². The van der Waals surface area contributed by atoms with Gasteiger partial charge in [0.05, 0.1) is 7.11 Å². The normalized spacial score (nSPS) is 10.3. The maximum Gasteiger partial charge on any atom is 0.160 e. The Bertz CT molecular complexity index is 559. The third-order valence-electron chi connectivity index (χ3n) is 2.96. The highest BCUT2D eigenvalue weighted by molar-refractivity contribution is 5.54. The first-order chi connectivity index (χ1) is 9.08. The van der Waals surface area contributed by atoms with Gasteiger partial charge in [-0.2, -0.15) is 0 Å². The molecular formula is C16H19NO2. The number of phenols is 1. The molecule has 0 unspecified atom stereocenters. The van der Waals surface area contributed by atoms with E-state index >= 15 is 0 Å². The number of hydrogen-bond donors (Lipinski definition) is 2. The van der Waals surface area contributed by atoms with Crippen LogP contribution in [-0.2, 0) is 6.54 Å². The fourth-order valence-corrected chi connectivity index (χ4v) is 2.18. The first kappa shape index (κ1) is 13.3. The van der Waals surface area contributed by atoms with Gasteiger partial charge in [-0.3, -0.25) is 0 Å². The quantitative estimate of drug-likeness (QED) is 0.878. The molecule has 0 fully saturated rings. The summed E-state index contributed by atoms with van der Waals surface area (Å²) in [6.07, 6.45) is 0. The Morgan fingerprint density at radius 3 is 2.32 bits per heavy atom. The molecule has 0 bridgehead atoms. The second-order valence-corrected chi connectivity index (χ2v) is 4.74. The van der Waals surface area contributed by atoms with Crippen LogP contribution in [0.15, 0.2) is 36.4 Å². The van der Waals surface area contributed by atoms with E-state index in [2.05, 4.69) is 37.4 Å². The summed E-state index contributed by atoms with van der Waals surface area (Å²) in [7, 11) is 1.54. The zero-order valence-corrected chi connectivity index (χ0v) is 11.5. The topological polar surface area (TPSA) is 41.5 Å². The summed E-state index contributed by atoms with van der Waals surface area (Å²) >= 11 is 0. The molecule has 0 radical (unpaired) electrons. The molecule has 2 aromatic rings. The molecule has 0 aliphatic rings. The monoisotopic (exact) mass is 257 g/mol. The van der Waals surface area contributed by atoms with Crippen LogP contribution in [0.3, 0.4) is 0 Å². The lowest BCUT2D eigenvalue weighted by molar-refractivity contribution is 0.373. The van der Waals surface area contributed by atoms with Gasteiger partial charge in [-0.15, -0.1) is 0 Å². The average molecular weight is 257 g/mol. The minimum Gasteiger partial charge on any atom is -0.504 e. The van der Waals surface area contributed by atoms with Crippen molar-refractivity contribution < 1.29 is 9.84 Å². The molecule has 0 amide bonds. The molecule has 0 atom stereocenters. The van der Waals surface area contributed by atoms with Crippen LogP contribution in [0.25, 0.3) is 0 Å². The second-order valence-electron chi connectivity index (χ2n) is 4.74. The van der Waals surface area contributed by atoms with Crippen molar-refractivity contribution in [3.05, 3.63) is 53.1 Å². The van der Waals surface area contributed by atoms with Gasteiger partial charge in [0.1, 0.15) is 0 Å². The molecule has 19 heavy (non-hydrogen) atoms. The van der Waals surface area contributed by atoms with Crippen LogP contribution in [0.2, 0.25) is 0 Å². The van der Waals surface area contributed by atoms with Crippen molar-refractivity contribution in [1.82, 2.24) is 0 Å². The van der Waals surface area contributed by atoms with Crippen LogP contribution in [0.5, 0.6) is 11.5 Å². The number of nitrogens with one attached hydrogen (secondary N) is 1. The van der Waals surface area contributed by atoms with Gasteiger partial charge >= 0.3 is 0 Å². The van der Waals surface area contributed by atoms with Crippen LogP contribution < -0.4 is 10.1 Å². The van der Waals surface area contributed by atoms with E-state index in [1.54, 1.807) is 12.1 Å². The van der Waals surface area contributed by atoms with Crippen LogP contribution in [-0.4, -0.2) is 12.2 Å². The van der Waals surface area contributed by atoms with Gasteiger partial charge in [0, 0.05) is 18.3 Å². The molecule has 100 valence electrons. The van der Waals surface area contributed by atoms with E-state index in [0.717, 1.165) is 12.2 Å². The van der Waals surface area contributed by atoms with Gasteiger partial charge in [0.25, 0.3) is 0 Å². The molecule has 2 rings (SSSR count). The summed E-state index contributed by atoms with van der Waals surface area (Å²) in [6.45, 7) is 4.92. The van der Waals surface area contributed by atoms with Crippen molar-refractivity contribution in [1.29, 1.82) is 0 Å². The third-order valence-corrected chi connectivity index (χ3v) is 2.96. The Labute approximate surface area is 113 Å². The van der Waals surface area contributed by atoms with E-state index < -0.39 is 0 Å². The van der Waals surface area contributed by atoms with E-state index in [9.17, 15) is 5.11 Å². The minimum atomic E-state index is 0.146. The standard InChI is InChI=1S/C16H19NO2/c1-11-6-12(2)8-13(7-11)10-17-14-4-5-16(19-3)15(18)9-14/h4-9,17-18H,10H2,1-3H3. The van der Waals surface area contributed by atoms with Gasteiger partial charge < -0.3 is 15.2 Å². The number of aromatic hydroxyl groups is 1. The molecule has 0 spiro atoms. The van der Waals surface area contributed by atoms with Crippen molar-refractivity contribution in [3.63, 3.8) is 0 Å². The van der Waals surface area contributed by atoms with Crippen molar-refractivity contribution in [2.24, 2.45) is 0 Å². The Balaban J connectivity index is 2.08. The number of phenolic OH excluding ortho intramolecular Hbond substituents is 1. The number of anilines is 1. The van der Waals surface area contributed by atoms with Crippen LogP contribution in [0, 0.1) is 13.8 Å². The van der Waals surface area contributed by atoms with Crippen LogP contribution >= 0.6 is 0 Å². The van der Waals surface area contributed by atoms with Crippen molar-refractivity contribution in [3.8, 4) is 11.5 Å². The zero-order valence-electron chi connectivity index (χ0n) is 11.5. The number of ether oxygens (including phenoxy) is 1.